The number of hydrogen-bond donors (Lipinski definition) is 0. The van der Waals surface area contributed by atoms with Crippen LogP contribution >= 0.6 is 12.4 Å². The predicted octanol–water partition coefficient (Wildman–Crippen LogP) is 11.3. The average Bonchev–Trinajstić information content (AvgIpc) is 3.15. The first-order valence-corrected chi connectivity index (χ1v) is 24.3. The first kappa shape index (κ1) is 37.3. The van der Waals surface area contributed by atoms with Gasteiger partial charge in [-0.1, -0.05) is 211 Å². The van der Waals surface area contributed by atoms with Crippen molar-refractivity contribution in [3.05, 3.63) is 181 Å². The Kier molecular flexibility index (Phi) is 10.9. The lowest BCUT2D eigenvalue weighted by molar-refractivity contribution is 0.589. The Balaban J connectivity index is 1.88. The van der Waals surface area contributed by atoms with E-state index in [0.717, 1.165) is 31.0 Å². The molecule has 7 heteroatoms. The zero-order chi connectivity index (χ0) is 36.3. The van der Waals surface area contributed by atoms with E-state index in [9.17, 15) is 0 Å². The third-order valence-corrected chi connectivity index (χ3v) is 22.3. The Morgan fingerprint density at radius 2 is 0.608 bits per heavy atom. The van der Waals surface area contributed by atoms with E-state index in [2.05, 4.69) is 187 Å². The van der Waals surface area contributed by atoms with E-state index in [0.29, 0.717) is 0 Å². The molecule has 0 atom stereocenters. The van der Waals surface area contributed by atoms with Gasteiger partial charge in [-0.2, -0.15) is 0 Å². The van der Waals surface area contributed by atoms with Gasteiger partial charge in [0.15, 0.2) is 0 Å². The minimum absolute atomic E-state index is 0.0229. The molecular formula is C44H46N2P2S3. The summed E-state index contributed by atoms with van der Waals surface area (Å²) in [4.78, 5) is 2.06. The largest absolute Gasteiger partial charge is 0.204 e. The van der Waals surface area contributed by atoms with Crippen molar-refractivity contribution in [3.63, 3.8) is 0 Å². The Morgan fingerprint density at radius 1 is 0.373 bits per heavy atom. The molecular weight excluding hydrogens is 715 g/mol. The highest BCUT2D eigenvalue weighted by Crippen LogP contribution is 2.55. The third-order valence-electron chi connectivity index (χ3n) is 8.99. The molecule has 0 radical (unpaired) electrons. The van der Waals surface area contributed by atoms with Gasteiger partial charge in [-0.05, 0) is 46.2 Å². The minimum Gasteiger partial charge on any atom is -0.204 e. The van der Waals surface area contributed by atoms with Crippen LogP contribution in [0.15, 0.2) is 188 Å². The first-order valence-electron chi connectivity index (χ1n) is 17.2. The van der Waals surface area contributed by atoms with Crippen LogP contribution in [0.25, 0.3) is 0 Å². The molecule has 0 saturated carbocycles. The van der Waals surface area contributed by atoms with Crippen molar-refractivity contribution in [3.8, 4) is 0 Å². The number of hydrogen-bond acceptors (Lipinski definition) is 2. The molecule has 0 aromatic heterocycles. The molecule has 6 aromatic rings. The molecule has 51 heavy (non-hydrogen) atoms. The van der Waals surface area contributed by atoms with Crippen LogP contribution in [-0.2, 0) is 44.1 Å². The summed E-state index contributed by atoms with van der Waals surface area (Å²) < 4.78 is 12.3. The van der Waals surface area contributed by atoms with Crippen LogP contribution in [0.3, 0.4) is 0 Å². The fraction of sp³-hybridized carbons (Fsp3) is 0.182. The molecule has 0 aliphatic rings. The van der Waals surface area contributed by atoms with Gasteiger partial charge in [0.25, 0.3) is 0 Å². The smallest absolute Gasteiger partial charge is 0.122 e. The highest BCUT2D eigenvalue weighted by molar-refractivity contribution is 8.26. The molecule has 0 heterocycles. The standard InChI is InChI=1S/C44H46N2P2S3/c1-43(2,3)35-27-31-41(32-28-35)51(42-33-29-36(30-34-42)44(4,5)6,45-47(49,37-19-11-7-12-20-37)38-21-13-8-14-22-38)46-48(50,39-23-15-9-16-24-39)40-25-17-10-18-26-40/h7-34H,1-6H3. The molecule has 0 aliphatic heterocycles. The van der Waals surface area contributed by atoms with Gasteiger partial charge in [-0.3, -0.25) is 0 Å². The van der Waals surface area contributed by atoms with Crippen LogP contribution < -0.4 is 21.2 Å². The molecule has 260 valence electrons. The number of rotatable bonds is 8. The lowest BCUT2D eigenvalue weighted by Crippen LogP contribution is -2.19. The third kappa shape index (κ3) is 7.85. The summed E-state index contributed by atoms with van der Waals surface area (Å²) in [5.41, 5.74) is 2.45. The lowest BCUT2D eigenvalue weighted by atomic mass is 9.87. The normalized spacial score (nSPS) is 12.7. The van der Waals surface area contributed by atoms with Gasteiger partial charge in [0, 0.05) is 40.6 Å². The maximum Gasteiger partial charge on any atom is 0.122 e. The summed E-state index contributed by atoms with van der Waals surface area (Å²) in [6, 6.07) is 59.7. The van der Waals surface area contributed by atoms with Gasteiger partial charge in [0.1, 0.15) is 12.4 Å². The predicted molar refractivity (Wildman–Crippen MR) is 232 cm³/mol. The van der Waals surface area contributed by atoms with Crippen molar-refractivity contribution < 1.29 is 0 Å². The molecule has 0 bridgehead atoms. The molecule has 6 rings (SSSR count). The highest BCUT2D eigenvalue weighted by Gasteiger charge is 2.31. The van der Waals surface area contributed by atoms with Crippen molar-refractivity contribution in [2.45, 2.75) is 62.2 Å². The van der Waals surface area contributed by atoms with Crippen molar-refractivity contribution in [1.82, 2.24) is 0 Å². The second-order valence-electron chi connectivity index (χ2n) is 14.8. The van der Waals surface area contributed by atoms with Gasteiger partial charge < -0.3 is 0 Å². The molecule has 0 amide bonds. The maximum absolute atomic E-state index is 6.96. The quantitative estimate of drug-likeness (QED) is 0.144. The van der Waals surface area contributed by atoms with Crippen LogP contribution in [0.4, 0.5) is 0 Å². The minimum atomic E-state index is -2.86. The van der Waals surface area contributed by atoms with E-state index in [-0.39, 0.29) is 10.8 Å². The van der Waals surface area contributed by atoms with Crippen LogP contribution in [0.2, 0.25) is 0 Å². The summed E-state index contributed by atoms with van der Waals surface area (Å²) in [6.45, 7) is 13.5. The van der Waals surface area contributed by atoms with E-state index in [1.165, 1.54) is 11.1 Å². The molecule has 6 aromatic carbocycles. The van der Waals surface area contributed by atoms with Crippen LogP contribution in [0, 0.1) is 0 Å². The van der Waals surface area contributed by atoms with Crippen molar-refractivity contribution in [2.24, 2.45) is 8.27 Å². The Labute approximate surface area is 316 Å². The Morgan fingerprint density at radius 3 is 0.824 bits per heavy atom. The van der Waals surface area contributed by atoms with E-state index >= 15 is 0 Å². The number of nitrogens with zero attached hydrogens (tertiary/aromatic N) is 2. The zero-order valence-corrected chi connectivity index (χ0v) is 34.4. The van der Waals surface area contributed by atoms with Gasteiger partial charge in [-0.15, -0.1) is 0 Å². The summed E-state index contributed by atoms with van der Waals surface area (Å²) in [7, 11) is -2.65. The lowest BCUT2D eigenvalue weighted by Gasteiger charge is -2.29. The zero-order valence-electron chi connectivity index (χ0n) is 30.2. The second kappa shape index (κ2) is 14.9. The maximum atomic E-state index is 6.96. The molecule has 0 saturated heterocycles. The first-order chi connectivity index (χ1) is 24.3. The van der Waals surface area contributed by atoms with Gasteiger partial charge in [0.2, 0.25) is 0 Å². The molecule has 0 spiro atoms. The molecule has 0 N–H and O–H groups in total. The van der Waals surface area contributed by atoms with Gasteiger partial charge in [-0.25, -0.2) is 8.27 Å². The van der Waals surface area contributed by atoms with Crippen molar-refractivity contribution >= 4 is 66.8 Å². The SMILES string of the molecule is CC(C)(C)c1ccc(S(=NP(=S)(c2ccccc2)c2ccccc2)(=NP(=S)(c2ccccc2)c2ccccc2)c2ccc(C(C)(C)C)cc2)cc1. The fourth-order valence-corrected chi connectivity index (χ4v) is 19.5. The van der Waals surface area contributed by atoms with Gasteiger partial charge in [0.05, 0.1) is 0 Å². The van der Waals surface area contributed by atoms with E-state index in [1.807, 2.05) is 24.3 Å². The second-order valence-corrected chi connectivity index (χ2v) is 25.6. The van der Waals surface area contributed by atoms with Crippen LogP contribution in [0.5, 0.6) is 0 Å². The summed E-state index contributed by atoms with van der Waals surface area (Å²) in [5, 5.41) is 4.12. The van der Waals surface area contributed by atoms with E-state index < -0.39 is 22.0 Å². The molecule has 0 aliphatic carbocycles. The Hall–Kier alpha value is -3.43. The van der Waals surface area contributed by atoms with Gasteiger partial charge >= 0.3 is 0 Å². The molecule has 2 nitrogen and oxygen atoms in total. The van der Waals surface area contributed by atoms with E-state index in [1.54, 1.807) is 0 Å². The summed E-state index contributed by atoms with van der Waals surface area (Å²) in [5.74, 6) is 0. The fourth-order valence-electron chi connectivity index (χ4n) is 5.97. The van der Waals surface area contributed by atoms with Crippen molar-refractivity contribution in [2.75, 3.05) is 0 Å². The number of benzene rings is 6. The average molecular weight is 761 g/mol. The van der Waals surface area contributed by atoms with E-state index in [4.69, 9.17) is 31.9 Å². The molecule has 0 unspecified atom stereocenters. The monoisotopic (exact) mass is 760 g/mol. The Bertz CT molecular complexity index is 2060. The summed E-state index contributed by atoms with van der Waals surface area (Å²) in [6.07, 6.45) is -5.72. The van der Waals surface area contributed by atoms with Crippen molar-refractivity contribution in [1.29, 1.82) is 0 Å². The summed E-state index contributed by atoms with van der Waals surface area (Å²) >= 11 is 13.9. The molecule has 0 fully saturated rings. The van der Waals surface area contributed by atoms with Crippen LogP contribution in [-0.4, -0.2) is 0 Å². The topological polar surface area (TPSA) is 24.7 Å². The highest BCUT2D eigenvalue weighted by atomic mass is 32.5. The van der Waals surface area contributed by atoms with Crippen LogP contribution in [0.1, 0.15) is 52.7 Å².